The van der Waals surface area contributed by atoms with Gasteiger partial charge in [-0.05, 0) is 59.0 Å². The minimum atomic E-state index is -9.96. The van der Waals surface area contributed by atoms with Crippen LogP contribution in [-0.2, 0) is 104 Å². The minimum absolute atomic E-state index is 0.406. The molecule has 0 radical (unpaired) electrons. The van der Waals surface area contributed by atoms with Crippen LogP contribution in [0, 0.1) is 0 Å². The Morgan fingerprint density at radius 2 is 0.497 bits per heavy atom. The lowest BCUT2D eigenvalue weighted by atomic mass is 10.3. The molecular weight excluding hydrogens is 3050 g/mol. The maximum atomic E-state index is 14.9. The molecule has 1 saturated heterocycles. The first kappa shape index (κ1) is 156. The van der Waals surface area contributed by atoms with Crippen molar-refractivity contribution in [2.45, 2.75) is 72.0 Å². The molecule has 145 heavy (non-hydrogen) atoms. The van der Waals surface area contributed by atoms with Gasteiger partial charge in [-0.15, -0.1) is 0 Å². The summed E-state index contributed by atoms with van der Waals surface area (Å²) in [6.07, 6.45) is 0. The molecule has 0 aromatic carbocycles. The summed E-state index contributed by atoms with van der Waals surface area (Å²) in [5, 5.41) is 0. The SMILES string of the molecule is C=C1OC(C)(C)O1.CO[Si]([SiH3])([SiH2]O)[Si](O[Si](C)(C)O)(O[Si]([Si](O[Si](C)(C)O[Si](C)(C)C)(O[Si](O[Si](O[SiH2]O)([SiH2]O)[SiH2]O)([Si](O[SiH2]O)([SiH2]O)[SiH2]O)[Si](O[SiH2]O)([SiH2]O)[SiH2]O)[Si](O[Si](O[SiH2]O)([SiH2]O)[SiH2]O)([Si](O[SiH2]O)([SiH2]O)[SiH2]O)[Si](O[SiH2]O)([SiH2]O)[SiH2]O)([Si](O[Si](O[SiH2]O)([SiH2]O)[SiH2]O)([Si](O[SiH2]O)([SiH2]O)[SiH2]O)[Si](O[SiH2]O)([SiH2]O)[SiH2]O)[Si](O[Si](O[SiH2]O)([SiH2]O)[SiH2]O)([Si](O[SiH2]O)([SiH2]O)[SiH2]O)[Si](O[SiH2]O)([SiH2]O)[SiH2]O)[Si](O[SiH2]O)([SiH2]O)[SiH](C)O. The van der Waals surface area contributed by atoms with E-state index in [1.54, 1.807) is 0 Å². The van der Waals surface area contributed by atoms with E-state index in [0.717, 1.165) is 39.8 Å². The molecule has 1 aliphatic heterocycles. The molecule has 131 heteroatoms. The molecule has 0 aromatic heterocycles. The minimum Gasteiger partial charge on any atom is -0.442 e. The predicted molar refractivity (Wildman–Crippen MR) is 683 cm³/mol. The fourth-order valence-electron chi connectivity index (χ4n) is 17.8. The highest BCUT2D eigenvalue weighted by Gasteiger charge is 3.09. The summed E-state index contributed by atoms with van der Waals surface area (Å²) in [5.74, 6) is 0.0156. The first-order chi connectivity index (χ1) is 67.8. The van der Waals surface area contributed by atoms with E-state index in [0.29, 0.717) is 5.95 Å². The molecule has 66 nitrogen and oxygen atoms in total. The average molecular weight is 3210 g/mol. The standard InChI is InChI=1S/C9H150O64Si65.C5H8O2/c1-51-125(74,96-31)122(66-116(6,7)50,134(113-48,64-87-22)114(2)49)73-136(137(130(105-40,106-41)60-83-18,131(107-42,108-43)61-84-19)70-120(92-27,93-28)54-77-12,138(132(109-44,110-45)62-85-20,133(111-46,112-47)63-86-21)71-121(94-29,95-30)55-78-13)124(67-117(8,9)65-115(3,4)5,135(128(101-36,102-37)58-81-16,129(103-38,104-39)59-82-17)69-119(90-25,91-26)53-76-11)72-123(126(97-32,98-33)56-79-14,127(99-34,100-35)57-80-15)68-118(88-23,89-24)52-75-10;1-4-6-5(2,3)7-4/h10-50,114H,75-113H2,1-9,74H3;1H2,2-3H3. The third-order valence-corrected chi connectivity index (χ3v) is 719. The van der Waals surface area contributed by atoms with Gasteiger partial charge in [-0.3, -0.25) is 0 Å². The van der Waals surface area contributed by atoms with E-state index >= 15 is 0 Å². The monoisotopic (exact) mass is 3200 g/mol. The van der Waals surface area contributed by atoms with Crippen LogP contribution in [0.15, 0.2) is 12.5 Å². The second kappa shape index (κ2) is 68.8. The van der Waals surface area contributed by atoms with Crippen LogP contribution in [-0.4, -0.2) is 774 Å². The van der Waals surface area contributed by atoms with Gasteiger partial charge in [0.05, 0.1) is 0 Å². The lowest BCUT2D eigenvalue weighted by molar-refractivity contribution is -0.312. The van der Waals surface area contributed by atoms with E-state index in [1.165, 1.54) is 19.6 Å². The van der Waals surface area contributed by atoms with E-state index in [-0.39, 0.29) is 0 Å². The van der Waals surface area contributed by atoms with Crippen LogP contribution in [0.3, 0.4) is 0 Å². The molecule has 5 atom stereocenters. The molecule has 5 unspecified atom stereocenters. The van der Waals surface area contributed by atoms with Crippen molar-refractivity contribution in [3.63, 3.8) is 0 Å². The molecule has 870 valence electrons. The van der Waals surface area contributed by atoms with Gasteiger partial charge in [0.1, 0.15) is 0 Å². The lowest BCUT2D eigenvalue weighted by Crippen LogP contribution is -3.22. The van der Waals surface area contributed by atoms with Gasteiger partial charge in [-0.2, -0.15) is 0 Å². The van der Waals surface area contributed by atoms with E-state index in [1.807, 2.05) is 13.8 Å². The largest absolute Gasteiger partial charge is 0.442 e. The summed E-state index contributed by atoms with van der Waals surface area (Å²) < 4.78 is 186. The second-order valence-electron chi connectivity index (χ2n) is 34.7. The topological polar surface area (TPSA) is 1060 Å². The Kier molecular flexibility index (Phi) is 74.0. The maximum absolute atomic E-state index is 14.9. The fraction of sp³-hybridized carbons (Fsp3) is 0.857. The molecule has 1 aliphatic rings. The Morgan fingerprint density at radius 1 is 0.262 bits per heavy atom. The quantitative estimate of drug-likeness (QED) is 0.0251. The van der Waals surface area contributed by atoms with Gasteiger partial charge >= 0.3 is 70.3 Å². The number of rotatable bonds is 86. The fourth-order valence-corrected chi connectivity index (χ4v) is 1340. The van der Waals surface area contributed by atoms with E-state index in [2.05, 4.69) is 6.58 Å². The molecule has 41 N–H and O–H groups in total. The highest BCUT2D eigenvalue weighted by atomic mass is 30.6. The molecule has 0 bridgehead atoms. The third kappa shape index (κ3) is 31.3. The highest BCUT2D eigenvalue weighted by Crippen LogP contribution is 2.62. The molecule has 1 heterocycles. The highest BCUT2D eigenvalue weighted by molar-refractivity contribution is 8.35. The number of hydrogen-bond donors (Lipinski definition) is 41. The van der Waals surface area contributed by atoms with Crippen molar-refractivity contribution < 1.29 is 301 Å². The van der Waals surface area contributed by atoms with E-state index in [9.17, 15) is 209 Å². The molecule has 0 saturated carbocycles. The molecule has 0 amide bonds. The summed E-state index contributed by atoms with van der Waals surface area (Å²) in [6.45, 7) is -91.5. The zero-order valence-electron chi connectivity index (χ0n) is 82.4. The molecular formula is C14H158O66Si65. The first-order valence-corrected chi connectivity index (χ1v) is 205. The van der Waals surface area contributed by atoms with Gasteiger partial charge < -0.3 is 301 Å². The Morgan fingerprint density at radius 3 is 0.676 bits per heavy atom. The third-order valence-electron chi connectivity index (χ3n) is 24.2. The van der Waals surface area contributed by atoms with Crippen LogP contribution in [0.4, 0.5) is 0 Å². The van der Waals surface area contributed by atoms with Gasteiger partial charge in [0, 0.05) is 30.7 Å². The van der Waals surface area contributed by atoms with Crippen molar-refractivity contribution in [2.75, 3.05) is 7.11 Å². The van der Waals surface area contributed by atoms with Crippen molar-refractivity contribution in [3.8, 4) is 0 Å². The average Bonchev–Trinajstić information content (AvgIpc) is 0.610. The smallest absolute Gasteiger partial charge is 0.338 e. The summed E-state index contributed by atoms with van der Waals surface area (Å²) >= 11 is 0. The maximum Gasteiger partial charge on any atom is 0.338 e. The number of hydrogen-bond acceptors (Lipinski definition) is 66. The summed E-state index contributed by atoms with van der Waals surface area (Å²) in [5.41, 5.74) is 0. The summed E-state index contributed by atoms with van der Waals surface area (Å²) in [4.78, 5) is 564. The van der Waals surface area contributed by atoms with Crippen LogP contribution in [0.5, 0.6) is 0 Å². The van der Waals surface area contributed by atoms with Crippen molar-refractivity contribution >= 4 is 564 Å². The van der Waals surface area contributed by atoms with Crippen LogP contribution in [0.25, 0.3) is 0 Å². The van der Waals surface area contributed by atoms with Crippen molar-refractivity contribution in [2.24, 2.45) is 0 Å². The van der Waals surface area contributed by atoms with Gasteiger partial charge in [0.15, 0.2) is 184 Å². The Labute approximate surface area is 946 Å². The van der Waals surface area contributed by atoms with Gasteiger partial charge in [0.2, 0.25) is 136 Å². The zero-order valence-corrected chi connectivity index (χ0v) is 165. The van der Waals surface area contributed by atoms with Crippen molar-refractivity contribution in [1.82, 2.24) is 0 Å². The Hall–Kier alpha value is 10.9. The predicted octanol–water partition coefficient (Wildman–Crippen LogP) is -65.0. The Bertz CT molecular complexity index is 3380. The number of ether oxygens (including phenoxy) is 2. The second-order valence-corrected chi connectivity index (χ2v) is 412. The van der Waals surface area contributed by atoms with Gasteiger partial charge in [-0.1, -0.05) is 0 Å². The summed E-state index contributed by atoms with van der Waals surface area (Å²) in [7, 11) is -241. The van der Waals surface area contributed by atoms with Gasteiger partial charge in [0.25, 0.3) is 176 Å². The Balaban J connectivity index is 0.0000283. The van der Waals surface area contributed by atoms with Crippen molar-refractivity contribution in [3.05, 3.63) is 12.5 Å². The van der Waals surface area contributed by atoms with Crippen LogP contribution in [0.2, 0.25) is 52.4 Å². The van der Waals surface area contributed by atoms with Gasteiger partial charge in [-0.25, -0.2) is 0 Å². The molecule has 1 rings (SSSR count). The zero-order chi connectivity index (χ0) is 113. The van der Waals surface area contributed by atoms with E-state index in [4.69, 9.17) is 92.1 Å². The molecule has 0 aromatic rings. The summed E-state index contributed by atoms with van der Waals surface area (Å²) in [6, 6.07) is 0. The molecule has 0 spiro atoms. The van der Waals surface area contributed by atoms with E-state index < -0.39 is 570 Å². The van der Waals surface area contributed by atoms with Crippen LogP contribution in [0.1, 0.15) is 13.8 Å². The normalized spacial score (nSPS) is 25.9. The van der Waals surface area contributed by atoms with Crippen molar-refractivity contribution in [1.29, 1.82) is 0 Å². The lowest BCUT2D eigenvalue weighted by Gasteiger charge is -2.77. The van der Waals surface area contributed by atoms with Crippen LogP contribution < -0.4 is 0 Å². The van der Waals surface area contributed by atoms with Crippen LogP contribution >= 0.6 is 0 Å². The molecule has 1 fully saturated rings. The molecule has 0 aliphatic carbocycles. The first-order valence-electron chi connectivity index (χ1n) is 43.2.